The molecule has 5 rings (SSSR count). The maximum Gasteiger partial charge on any atom is 0.280 e. The molecular weight excluding hydrogens is 346 g/mol. The fourth-order valence-electron chi connectivity index (χ4n) is 2.93. The molecule has 0 radical (unpaired) electrons. The first-order chi connectivity index (χ1) is 13.2. The van der Waals surface area contributed by atoms with Crippen LogP contribution in [0.4, 0.5) is 0 Å². The van der Waals surface area contributed by atoms with Crippen molar-refractivity contribution in [1.82, 2.24) is 25.1 Å². The zero-order chi connectivity index (χ0) is 18.4. The minimum atomic E-state index is 0.220. The molecule has 0 N–H and O–H groups in total. The van der Waals surface area contributed by atoms with Crippen molar-refractivity contribution in [2.75, 3.05) is 6.79 Å². The van der Waals surface area contributed by atoms with E-state index in [9.17, 15) is 0 Å². The molecule has 134 valence electrons. The smallest absolute Gasteiger partial charge is 0.280 e. The van der Waals surface area contributed by atoms with Crippen molar-refractivity contribution in [3.05, 3.63) is 53.7 Å². The zero-order valence-corrected chi connectivity index (χ0v) is 14.7. The van der Waals surface area contributed by atoms with Gasteiger partial charge in [-0.3, -0.25) is 0 Å². The predicted molar refractivity (Wildman–Crippen MR) is 95.7 cm³/mol. The summed E-state index contributed by atoms with van der Waals surface area (Å²) in [5.74, 6) is 2.14. The molecule has 8 heteroatoms. The van der Waals surface area contributed by atoms with Crippen LogP contribution >= 0.6 is 0 Å². The maximum absolute atomic E-state index is 5.42. The quantitative estimate of drug-likeness (QED) is 0.553. The maximum atomic E-state index is 5.42. The number of fused-ring (bicyclic) bond motifs is 1. The molecule has 0 saturated heterocycles. The van der Waals surface area contributed by atoms with Gasteiger partial charge in [0.2, 0.25) is 12.6 Å². The van der Waals surface area contributed by atoms with Gasteiger partial charge >= 0.3 is 0 Å². The Labute approximate surface area is 154 Å². The predicted octanol–water partition coefficient (Wildman–Crippen LogP) is 3.33. The number of aryl methyl sites for hydroxylation is 1. The summed E-state index contributed by atoms with van der Waals surface area (Å²) in [6.07, 6.45) is 0. The van der Waals surface area contributed by atoms with Gasteiger partial charge in [0.15, 0.2) is 17.2 Å². The van der Waals surface area contributed by atoms with E-state index in [2.05, 4.69) is 20.5 Å². The molecule has 8 nitrogen and oxygen atoms in total. The summed E-state index contributed by atoms with van der Waals surface area (Å²) in [7, 11) is 0. The summed E-state index contributed by atoms with van der Waals surface area (Å²) in [4.78, 5) is 4.47. The molecule has 0 amide bonds. The fraction of sp³-hybridized carbons (Fsp3) is 0.158. The van der Waals surface area contributed by atoms with Crippen molar-refractivity contribution in [3.8, 4) is 40.2 Å². The van der Waals surface area contributed by atoms with Gasteiger partial charge in [0.1, 0.15) is 0 Å². The summed E-state index contributed by atoms with van der Waals surface area (Å²) in [5.41, 5.74) is 4.25. The lowest BCUT2D eigenvalue weighted by Gasteiger charge is -2.03. The van der Waals surface area contributed by atoms with E-state index in [1.807, 2.05) is 56.3 Å². The number of nitrogens with zero attached hydrogens (tertiary/aromatic N) is 5. The second-order valence-electron chi connectivity index (χ2n) is 6.26. The van der Waals surface area contributed by atoms with Crippen LogP contribution < -0.4 is 9.47 Å². The van der Waals surface area contributed by atoms with Crippen LogP contribution in [-0.2, 0) is 0 Å². The average Bonchev–Trinajstić information content (AvgIpc) is 3.41. The molecule has 3 heterocycles. The third-order valence-electron chi connectivity index (χ3n) is 4.43. The zero-order valence-electron chi connectivity index (χ0n) is 14.7. The van der Waals surface area contributed by atoms with E-state index in [1.165, 1.54) is 5.56 Å². The lowest BCUT2D eigenvalue weighted by molar-refractivity contribution is 0.174. The van der Waals surface area contributed by atoms with Gasteiger partial charge in [0, 0.05) is 5.56 Å². The van der Waals surface area contributed by atoms with Crippen LogP contribution in [0.15, 0.2) is 47.0 Å². The molecule has 27 heavy (non-hydrogen) atoms. The highest BCUT2D eigenvalue weighted by Gasteiger charge is 2.20. The van der Waals surface area contributed by atoms with Crippen molar-refractivity contribution in [2.24, 2.45) is 0 Å². The first-order valence-corrected chi connectivity index (χ1v) is 8.42. The lowest BCUT2D eigenvalue weighted by Crippen LogP contribution is -1.98. The second-order valence-corrected chi connectivity index (χ2v) is 6.26. The molecule has 1 aliphatic rings. The van der Waals surface area contributed by atoms with Crippen LogP contribution in [-0.4, -0.2) is 31.9 Å². The number of rotatable bonds is 3. The molecule has 4 aromatic rings. The van der Waals surface area contributed by atoms with Gasteiger partial charge < -0.3 is 14.0 Å². The van der Waals surface area contributed by atoms with Crippen molar-refractivity contribution in [3.63, 3.8) is 0 Å². The molecule has 0 atom stereocenters. The number of benzene rings is 2. The number of ether oxygens (including phenoxy) is 2. The monoisotopic (exact) mass is 361 g/mol. The Morgan fingerprint density at radius 1 is 0.963 bits per heavy atom. The molecule has 0 unspecified atom stereocenters. The summed E-state index contributed by atoms with van der Waals surface area (Å²) < 4.78 is 17.9. The van der Waals surface area contributed by atoms with Crippen molar-refractivity contribution in [1.29, 1.82) is 0 Å². The van der Waals surface area contributed by atoms with Crippen LogP contribution in [0.1, 0.15) is 11.3 Å². The van der Waals surface area contributed by atoms with E-state index in [-0.39, 0.29) is 6.79 Å². The Balaban J connectivity index is 1.49. The summed E-state index contributed by atoms with van der Waals surface area (Å²) in [6, 6.07) is 13.6. The van der Waals surface area contributed by atoms with Gasteiger partial charge in [0.25, 0.3) is 5.89 Å². The van der Waals surface area contributed by atoms with Crippen LogP contribution in [0.5, 0.6) is 11.5 Å². The SMILES string of the molecule is Cc1ccc(-n2nnc(-c3nc(-c4ccc5c(c4)OCO5)no3)c2C)cc1. The molecule has 0 bridgehead atoms. The van der Waals surface area contributed by atoms with Crippen LogP contribution in [0, 0.1) is 13.8 Å². The van der Waals surface area contributed by atoms with Gasteiger partial charge in [0.05, 0.1) is 11.4 Å². The Morgan fingerprint density at radius 2 is 1.78 bits per heavy atom. The summed E-state index contributed by atoms with van der Waals surface area (Å²) >= 11 is 0. The highest BCUT2D eigenvalue weighted by Crippen LogP contribution is 2.35. The van der Waals surface area contributed by atoms with Gasteiger partial charge in [-0.25, -0.2) is 4.68 Å². The molecule has 0 saturated carbocycles. The minimum absolute atomic E-state index is 0.220. The Hall–Kier alpha value is -3.68. The lowest BCUT2D eigenvalue weighted by atomic mass is 10.2. The van der Waals surface area contributed by atoms with Crippen LogP contribution in [0.3, 0.4) is 0 Å². The summed E-state index contributed by atoms with van der Waals surface area (Å²) in [5, 5.41) is 12.5. The van der Waals surface area contributed by atoms with Crippen LogP contribution in [0.2, 0.25) is 0 Å². The third-order valence-corrected chi connectivity index (χ3v) is 4.43. The van der Waals surface area contributed by atoms with Crippen LogP contribution in [0.25, 0.3) is 28.7 Å². The van der Waals surface area contributed by atoms with E-state index in [4.69, 9.17) is 14.0 Å². The number of hydrogen-bond donors (Lipinski definition) is 0. The van der Waals surface area contributed by atoms with Gasteiger partial charge in [-0.05, 0) is 44.2 Å². The number of hydrogen-bond acceptors (Lipinski definition) is 7. The van der Waals surface area contributed by atoms with E-state index >= 15 is 0 Å². The van der Waals surface area contributed by atoms with Crippen molar-refractivity contribution < 1.29 is 14.0 Å². The molecule has 1 aliphatic heterocycles. The highest BCUT2D eigenvalue weighted by atomic mass is 16.7. The van der Waals surface area contributed by atoms with Crippen molar-refractivity contribution >= 4 is 0 Å². The fourth-order valence-corrected chi connectivity index (χ4v) is 2.93. The number of aromatic nitrogens is 5. The largest absolute Gasteiger partial charge is 0.454 e. The van der Waals surface area contributed by atoms with Gasteiger partial charge in [-0.15, -0.1) is 5.10 Å². The van der Waals surface area contributed by atoms with E-state index in [0.717, 1.165) is 16.9 Å². The third kappa shape index (κ3) is 2.62. The summed E-state index contributed by atoms with van der Waals surface area (Å²) in [6.45, 7) is 4.18. The molecule has 0 spiro atoms. The highest BCUT2D eigenvalue weighted by molar-refractivity contribution is 5.63. The standard InChI is InChI=1S/C19H15N5O3/c1-11-3-6-14(7-4-11)24-12(2)17(21-23-24)19-20-18(22-27-19)13-5-8-15-16(9-13)26-10-25-15/h3-9H,10H2,1-2H3. The molecule has 2 aromatic carbocycles. The van der Waals surface area contributed by atoms with E-state index in [1.54, 1.807) is 4.68 Å². The first-order valence-electron chi connectivity index (χ1n) is 8.42. The Bertz CT molecular complexity index is 1130. The molecular formula is C19H15N5O3. The Morgan fingerprint density at radius 3 is 2.63 bits per heavy atom. The van der Waals surface area contributed by atoms with E-state index in [0.29, 0.717) is 28.9 Å². The van der Waals surface area contributed by atoms with Crippen molar-refractivity contribution in [2.45, 2.75) is 13.8 Å². The molecule has 0 aliphatic carbocycles. The average molecular weight is 361 g/mol. The van der Waals surface area contributed by atoms with Gasteiger partial charge in [-0.1, -0.05) is 28.1 Å². The van der Waals surface area contributed by atoms with Gasteiger partial charge in [-0.2, -0.15) is 4.98 Å². The first kappa shape index (κ1) is 15.6. The Kier molecular flexibility index (Phi) is 3.43. The topological polar surface area (TPSA) is 88.1 Å². The van der Waals surface area contributed by atoms with E-state index < -0.39 is 0 Å². The molecule has 2 aromatic heterocycles. The normalized spacial score (nSPS) is 12.5. The second kappa shape index (κ2) is 5.94. The minimum Gasteiger partial charge on any atom is -0.454 e. The molecule has 0 fully saturated rings.